The van der Waals surface area contributed by atoms with Crippen molar-refractivity contribution in [3.05, 3.63) is 53.1 Å². The average molecular weight is 363 g/mol. The number of hydrogen-bond donors (Lipinski definition) is 0. The van der Waals surface area contributed by atoms with Gasteiger partial charge >= 0.3 is 0 Å². The lowest BCUT2D eigenvalue weighted by atomic mass is 10.2. The summed E-state index contributed by atoms with van der Waals surface area (Å²) in [7, 11) is 3.17. The largest absolute Gasteiger partial charge is 0.493 e. The summed E-state index contributed by atoms with van der Waals surface area (Å²) in [5, 5.41) is 9.36. The summed E-state index contributed by atoms with van der Waals surface area (Å²) in [5.74, 6) is 2.35. The van der Waals surface area contributed by atoms with Crippen LogP contribution >= 0.6 is 23.4 Å². The fourth-order valence-electron chi connectivity index (χ4n) is 2.11. The molecule has 0 amide bonds. The van der Waals surface area contributed by atoms with Gasteiger partial charge in [-0.25, -0.2) is 0 Å². The van der Waals surface area contributed by atoms with Crippen LogP contribution in [0.1, 0.15) is 5.56 Å². The van der Waals surface area contributed by atoms with Gasteiger partial charge in [0, 0.05) is 16.3 Å². The highest BCUT2D eigenvalue weighted by molar-refractivity contribution is 7.98. The second-order valence-electron chi connectivity index (χ2n) is 4.82. The number of thioether (sulfide) groups is 1. The van der Waals surface area contributed by atoms with Crippen molar-refractivity contribution in [3.8, 4) is 23.0 Å². The number of ether oxygens (including phenoxy) is 2. The molecule has 124 valence electrons. The van der Waals surface area contributed by atoms with E-state index in [0.29, 0.717) is 28.4 Å². The van der Waals surface area contributed by atoms with Crippen molar-refractivity contribution >= 4 is 23.4 Å². The molecule has 0 spiro atoms. The van der Waals surface area contributed by atoms with Gasteiger partial charge in [-0.15, -0.1) is 10.2 Å². The van der Waals surface area contributed by atoms with Gasteiger partial charge in [0.05, 0.1) is 14.2 Å². The first-order chi connectivity index (χ1) is 11.7. The normalized spacial score (nSPS) is 10.6. The number of hydrogen-bond acceptors (Lipinski definition) is 6. The summed E-state index contributed by atoms with van der Waals surface area (Å²) in [6.07, 6.45) is 0. The maximum Gasteiger partial charge on any atom is 0.277 e. The van der Waals surface area contributed by atoms with Gasteiger partial charge in [-0.1, -0.05) is 41.6 Å². The van der Waals surface area contributed by atoms with Crippen LogP contribution in [0.3, 0.4) is 0 Å². The zero-order valence-electron chi connectivity index (χ0n) is 13.2. The molecule has 1 heterocycles. The van der Waals surface area contributed by atoms with Crippen LogP contribution in [-0.4, -0.2) is 24.4 Å². The quantitative estimate of drug-likeness (QED) is 0.592. The van der Waals surface area contributed by atoms with Crippen molar-refractivity contribution in [1.82, 2.24) is 10.2 Å². The first-order valence-electron chi connectivity index (χ1n) is 7.13. The highest BCUT2D eigenvalue weighted by Gasteiger charge is 2.13. The summed E-state index contributed by atoms with van der Waals surface area (Å²) in [6.45, 7) is 0. The minimum Gasteiger partial charge on any atom is -0.493 e. The van der Waals surface area contributed by atoms with Crippen molar-refractivity contribution in [2.45, 2.75) is 11.0 Å². The van der Waals surface area contributed by atoms with E-state index >= 15 is 0 Å². The molecule has 0 aliphatic carbocycles. The molecule has 0 saturated heterocycles. The number of methoxy groups -OCH3 is 2. The Morgan fingerprint density at radius 3 is 2.58 bits per heavy atom. The maximum atomic E-state index is 6.15. The van der Waals surface area contributed by atoms with Gasteiger partial charge in [0.15, 0.2) is 11.5 Å². The van der Waals surface area contributed by atoms with Crippen LogP contribution in [-0.2, 0) is 5.75 Å². The lowest BCUT2D eigenvalue weighted by Crippen LogP contribution is -1.90. The monoisotopic (exact) mass is 362 g/mol. The first kappa shape index (κ1) is 16.7. The molecule has 3 rings (SSSR count). The molecular formula is C17H15ClN2O3S. The Hall–Kier alpha value is -2.18. The maximum absolute atomic E-state index is 6.15. The molecule has 0 aliphatic heterocycles. The molecule has 0 radical (unpaired) electrons. The van der Waals surface area contributed by atoms with E-state index in [1.54, 1.807) is 26.4 Å². The van der Waals surface area contributed by atoms with Gasteiger partial charge in [0.1, 0.15) is 0 Å². The second kappa shape index (κ2) is 7.59. The Kier molecular flexibility index (Phi) is 5.27. The molecule has 7 heteroatoms. The lowest BCUT2D eigenvalue weighted by molar-refractivity contribution is 0.355. The van der Waals surface area contributed by atoms with E-state index in [2.05, 4.69) is 10.2 Å². The molecule has 5 nitrogen and oxygen atoms in total. The summed E-state index contributed by atoms with van der Waals surface area (Å²) >= 11 is 7.59. The molecule has 0 atom stereocenters. The van der Waals surface area contributed by atoms with E-state index in [0.717, 1.165) is 16.1 Å². The average Bonchev–Trinajstić information content (AvgIpc) is 3.09. The van der Waals surface area contributed by atoms with E-state index in [4.69, 9.17) is 25.5 Å². The van der Waals surface area contributed by atoms with Gasteiger partial charge in [-0.05, 0) is 29.8 Å². The van der Waals surface area contributed by atoms with Gasteiger partial charge in [0.25, 0.3) is 5.22 Å². The van der Waals surface area contributed by atoms with Crippen LogP contribution in [0.15, 0.2) is 52.1 Å². The van der Waals surface area contributed by atoms with E-state index in [1.807, 2.05) is 30.3 Å². The van der Waals surface area contributed by atoms with Gasteiger partial charge in [0.2, 0.25) is 5.89 Å². The minimum atomic E-state index is 0.428. The number of benzene rings is 2. The van der Waals surface area contributed by atoms with Crippen LogP contribution in [0.2, 0.25) is 5.02 Å². The van der Waals surface area contributed by atoms with Crippen LogP contribution in [0.5, 0.6) is 11.5 Å². The van der Waals surface area contributed by atoms with Crippen molar-refractivity contribution < 1.29 is 13.9 Å². The highest BCUT2D eigenvalue weighted by atomic mass is 35.5. The summed E-state index contributed by atoms with van der Waals surface area (Å²) in [5.41, 5.74) is 1.79. The zero-order valence-corrected chi connectivity index (χ0v) is 14.7. The minimum absolute atomic E-state index is 0.428. The Bertz CT molecular complexity index is 838. The predicted molar refractivity (Wildman–Crippen MR) is 93.9 cm³/mol. The molecule has 0 unspecified atom stereocenters. The van der Waals surface area contributed by atoms with Crippen LogP contribution in [0.4, 0.5) is 0 Å². The Morgan fingerprint density at radius 1 is 1.04 bits per heavy atom. The number of aromatic nitrogens is 2. The van der Waals surface area contributed by atoms with E-state index < -0.39 is 0 Å². The Morgan fingerprint density at radius 2 is 1.83 bits per heavy atom. The van der Waals surface area contributed by atoms with Crippen LogP contribution in [0.25, 0.3) is 11.5 Å². The third kappa shape index (κ3) is 3.66. The molecule has 1 aromatic heterocycles. The highest BCUT2D eigenvalue weighted by Crippen LogP contribution is 2.33. The SMILES string of the molecule is COc1ccc(-c2nnc(SCc3ccccc3Cl)o2)cc1OC. The summed E-state index contributed by atoms with van der Waals surface area (Å²) in [6, 6.07) is 13.1. The number of nitrogens with zero attached hydrogens (tertiary/aromatic N) is 2. The third-order valence-electron chi connectivity index (χ3n) is 3.35. The fourth-order valence-corrected chi connectivity index (χ4v) is 3.16. The van der Waals surface area contributed by atoms with E-state index in [-0.39, 0.29) is 0 Å². The Labute approximate surface area is 148 Å². The molecule has 0 bridgehead atoms. The van der Waals surface area contributed by atoms with Gasteiger partial charge < -0.3 is 13.9 Å². The predicted octanol–water partition coefficient (Wildman–Crippen LogP) is 4.70. The molecule has 0 aliphatic rings. The molecule has 3 aromatic rings. The number of halogens is 1. The molecule has 0 N–H and O–H groups in total. The first-order valence-corrected chi connectivity index (χ1v) is 8.49. The van der Waals surface area contributed by atoms with Crippen LogP contribution < -0.4 is 9.47 Å². The smallest absolute Gasteiger partial charge is 0.277 e. The molecule has 0 fully saturated rings. The standard InChI is InChI=1S/C17H15ClN2O3S/c1-21-14-8-7-11(9-15(14)22-2)16-19-20-17(23-16)24-10-12-5-3-4-6-13(12)18/h3-9H,10H2,1-2H3. The van der Waals surface area contributed by atoms with Crippen molar-refractivity contribution in [1.29, 1.82) is 0 Å². The molecular weight excluding hydrogens is 348 g/mol. The topological polar surface area (TPSA) is 57.4 Å². The summed E-state index contributed by atoms with van der Waals surface area (Å²) in [4.78, 5) is 0. The number of rotatable bonds is 6. The lowest BCUT2D eigenvalue weighted by Gasteiger charge is -2.07. The van der Waals surface area contributed by atoms with Crippen LogP contribution in [0, 0.1) is 0 Å². The Balaban J connectivity index is 1.75. The molecule has 24 heavy (non-hydrogen) atoms. The third-order valence-corrected chi connectivity index (χ3v) is 4.58. The summed E-state index contributed by atoms with van der Waals surface area (Å²) < 4.78 is 16.2. The van der Waals surface area contributed by atoms with Gasteiger partial charge in [-0.2, -0.15) is 0 Å². The van der Waals surface area contributed by atoms with E-state index in [1.165, 1.54) is 11.8 Å². The zero-order chi connectivity index (χ0) is 16.9. The fraction of sp³-hybridized carbons (Fsp3) is 0.176. The van der Waals surface area contributed by atoms with Crippen molar-refractivity contribution in [2.24, 2.45) is 0 Å². The van der Waals surface area contributed by atoms with Crippen molar-refractivity contribution in [3.63, 3.8) is 0 Å². The molecule has 2 aromatic carbocycles. The van der Waals surface area contributed by atoms with Crippen molar-refractivity contribution in [2.75, 3.05) is 14.2 Å². The molecule has 0 saturated carbocycles. The van der Waals surface area contributed by atoms with E-state index in [9.17, 15) is 0 Å². The second-order valence-corrected chi connectivity index (χ2v) is 6.16. The van der Waals surface area contributed by atoms with Gasteiger partial charge in [-0.3, -0.25) is 0 Å².